The van der Waals surface area contributed by atoms with Crippen molar-refractivity contribution in [1.29, 1.82) is 0 Å². The Kier molecular flexibility index (Phi) is 7.13. The van der Waals surface area contributed by atoms with Gasteiger partial charge in [0.15, 0.2) is 0 Å². The zero-order valence-corrected chi connectivity index (χ0v) is 11.7. The first-order valence-corrected chi connectivity index (χ1v) is 6.68. The van der Waals surface area contributed by atoms with Gasteiger partial charge in [0.2, 0.25) is 5.91 Å². The van der Waals surface area contributed by atoms with Gasteiger partial charge in [-0.3, -0.25) is 4.79 Å². The Morgan fingerprint density at radius 2 is 2.10 bits per heavy atom. The maximum Gasteiger partial charge on any atom is 0.233 e. The third-order valence-corrected chi connectivity index (χ3v) is 2.88. The van der Waals surface area contributed by atoms with Crippen LogP contribution >= 0.6 is 0 Å². The molecule has 0 spiro atoms. The number of carbonyl (C=O) groups excluding carboxylic acids is 1. The van der Waals surface area contributed by atoms with Gasteiger partial charge < -0.3 is 21.6 Å². The quantitative estimate of drug-likeness (QED) is 0.242. The molecular weight excluding hydrogens is 256 g/mol. The maximum atomic E-state index is 11.5. The molecule has 6 nitrogen and oxygen atoms in total. The van der Waals surface area contributed by atoms with Gasteiger partial charge in [0.1, 0.15) is 5.84 Å². The number of hydrogen-bond donors (Lipinski definition) is 4. The fourth-order valence-electron chi connectivity index (χ4n) is 1.81. The zero-order chi connectivity index (χ0) is 14.8. The lowest BCUT2D eigenvalue weighted by Gasteiger charge is -2.16. The summed E-state index contributed by atoms with van der Waals surface area (Å²) < 4.78 is 0. The molecule has 0 aliphatic carbocycles. The second kappa shape index (κ2) is 8.92. The second-order valence-corrected chi connectivity index (χ2v) is 4.47. The third-order valence-electron chi connectivity index (χ3n) is 2.88. The van der Waals surface area contributed by atoms with Gasteiger partial charge in [0, 0.05) is 13.1 Å². The van der Waals surface area contributed by atoms with E-state index in [0.29, 0.717) is 13.1 Å². The summed E-state index contributed by atoms with van der Waals surface area (Å²) in [7, 11) is 0. The van der Waals surface area contributed by atoms with E-state index in [9.17, 15) is 4.79 Å². The second-order valence-electron chi connectivity index (χ2n) is 4.47. The average molecular weight is 278 g/mol. The molecule has 1 amide bonds. The minimum Gasteiger partial charge on any atom is -0.409 e. The van der Waals surface area contributed by atoms with Crippen LogP contribution in [0.3, 0.4) is 0 Å². The molecule has 0 aliphatic rings. The van der Waals surface area contributed by atoms with E-state index in [2.05, 4.69) is 15.8 Å². The number of carbonyl (C=O) groups is 1. The van der Waals surface area contributed by atoms with Crippen LogP contribution < -0.4 is 16.4 Å². The Bertz CT molecular complexity index is 434. The van der Waals surface area contributed by atoms with Crippen molar-refractivity contribution >= 4 is 11.7 Å². The van der Waals surface area contributed by atoms with Crippen molar-refractivity contribution in [3.63, 3.8) is 0 Å². The lowest BCUT2D eigenvalue weighted by atomic mass is 9.98. The van der Waals surface area contributed by atoms with Gasteiger partial charge >= 0.3 is 0 Å². The Morgan fingerprint density at radius 3 is 2.70 bits per heavy atom. The average Bonchev–Trinajstić information content (AvgIpc) is 2.49. The van der Waals surface area contributed by atoms with Gasteiger partial charge in [-0.05, 0) is 12.0 Å². The van der Waals surface area contributed by atoms with Crippen LogP contribution in [0.2, 0.25) is 0 Å². The topological polar surface area (TPSA) is 99.7 Å². The summed E-state index contributed by atoms with van der Waals surface area (Å²) in [6, 6.07) is 9.49. The van der Waals surface area contributed by atoms with Crippen molar-refractivity contribution in [3.8, 4) is 0 Å². The summed E-state index contributed by atoms with van der Waals surface area (Å²) >= 11 is 0. The first kappa shape index (κ1) is 16.0. The number of rotatable bonds is 8. The van der Waals surface area contributed by atoms with Gasteiger partial charge in [-0.25, -0.2) is 0 Å². The highest BCUT2D eigenvalue weighted by molar-refractivity contribution is 5.87. The monoisotopic (exact) mass is 278 g/mol. The summed E-state index contributed by atoms with van der Waals surface area (Å²) in [6.45, 7) is 3.31. The van der Waals surface area contributed by atoms with E-state index in [1.807, 2.05) is 37.3 Å². The summed E-state index contributed by atoms with van der Waals surface area (Å²) in [4.78, 5) is 11.5. The van der Waals surface area contributed by atoms with E-state index in [0.717, 1.165) is 12.0 Å². The smallest absolute Gasteiger partial charge is 0.233 e. The minimum absolute atomic E-state index is 0.0572. The van der Waals surface area contributed by atoms with Crippen molar-refractivity contribution in [1.82, 2.24) is 10.6 Å². The number of nitrogens with one attached hydrogen (secondary N) is 2. The van der Waals surface area contributed by atoms with Gasteiger partial charge in [-0.1, -0.05) is 42.4 Å². The van der Waals surface area contributed by atoms with E-state index in [1.54, 1.807) is 0 Å². The Balaban J connectivity index is 2.53. The summed E-state index contributed by atoms with van der Waals surface area (Å²) in [6.07, 6.45) is 0.905. The van der Waals surface area contributed by atoms with Crippen molar-refractivity contribution in [2.24, 2.45) is 10.9 Å². The number of amides is 1. The summed E-state index contributed by atoms with van der Waals surface area (Å²) in [5, 5.41) is 17.7. The zero-order valence-electron chi connectivity index (χ0n) is 11.7. The number of nitrogens with zero attached hydrogens (tertiary/aromatic N) is 1. The molecular formula is C14H22N4O2. The predicted octanol–water partition coefficient (Wildman–Crippen LogP) is 0.632. The Morgan fingerprint density at radius 1 is 1.40 bits per heavy atom. The molecule has 1 atom stereocenters. The predicted molar refractivity (Wildman–Crippen MR) is 78.8 cm³/mol. The molecule has 5 N–H and O–H groups in total. The molecule has 1 unspecified atom stereocenters. The molecule has 0 fully saturated rings. The van der Waals surface area contributed by atoms with E-state index in [4.69, 9.17) is 10.9 Å². The van der Waals surface area contributed by atoms with Crippen LogP contribution in [0.15, 0.2) is 35.5 Å². The number of hydrogen-bond acceptors (Lipinski definition) is 4. The van der Waals surface area contributed by atoms with Gasteiger partial charge in [-0.15, -0.1) is 0 Å². The normalized spacial score (nSPS) is 12.9. The highest BCUT2D eigenvalue weighted by Gasteiger charge is 2.16. The first-order chi connectivity index (χ1) is 9.69. The molecule has 110 valence electrons. The van der Waals surface area contributed by atoms with Gasteiger partial charge in [0.05, 0.1) is 12.5 Å². The molecule has 0 saturated heterocycles. The molecule has 0 bridgehead atoms. The van der Waals surface area contributed by atoms with Gasteiger partial charge in [0.25, 0.3) is 0 Å². The van der Waals surface area contributed by atoms with Crippen LogP contribution in [0.1, 0.15) is 24.8 Å². The molecule has 0 saturated carbocycles. The van der Waals surface area contributed by atoms with E-state index < -0.39 is 0 Å². The highest BCUT2D eigenvalue weighted by atomic mass is 16.4. The van der Waals surface area contributed by atoms with Crippen molar-refractivity contribution in [2.45, 2.75) is 19.3 Å². The van der Waals surface area contributed by atoms with Crippen LogP contribution in [0.25, 0.3) is 0 Å². The number of amidine groups is 1. The molecule has 0 aromatic heterocycles. The Hall–Kier alpha value is -2.08. The molecule has 1 aromatic rings. The molecule has 6 heteroatoms. The summed E-state index contributed by atoms with van der Waals surface area (Å²) in [5.41, 5.74) is 6.64. The standard InChI is InChI=1S/C14H22N4O2/c1-2-8-17-13(19)10-16-9-12(14(15)18-20)11-6-4-3-5-7-11/h3-7,12,16,20H,2,8-10H2,1H3,(H2,15,18)(H,17,19). The van der Waals surface area contributed by atoms with Crippen LogP contribution in [-0.2, 0) is 4.79 Å². The molecule has 0 heterocycles. The van der Waals surface area contributed by atoms with Crippen LogP contribution in [-0.4, -0.2) is 36.6 Å². The SMILES string of the molecule is CCCNC(=O)CNCC(C(N)=NO)c1ccccc1. The highest BCUT2D eigenvalue weighted by Crippen LogP contribution is 2.14. The van der Waals surface area contributed by atoms with Gasteiger partial charge in [-0.2, -0.15) is 0 Å². The van der Waals surface area contributed by atoms with Crippen LogP contribution in [0.5, 0.6) is 0 Å². The Labute approximate surface area is 119 Å². The number of benzene rings is 1. The molecule has 1 rings (SSSR count). The fourth-order valence-corrected chi connectivity index (χ4v) is 1.81. The number of oxime groups is 1. The molecule has 0 aliphatic heterocycles. The van der Waals surface area contributed by atoms with Crippen LogP contribution in [0, 0.1) is 0 Å². The van der Waals surface area contributed by atoms with Crippen molar-refractivity contribution < 1.29 is 10.0 Å². The van der Waals surface area contributed by atoms with E-state index in [1.165, 1.54) is 0 Å². The fraction of sp³-hybridized carbons (Fsp3) is 0.429. The molecule has 20 heavy (non-hydrogen) atoms. The van der Waals surface area contributed by atoms with E-state index in [-0.39, 0.29) is 24.2 Å². The lowest BCUT2D eigenvalue weighted by molar-refractivity contribution is -0.120. The largest absolute Gasteiger partial charge is 0.409 e. The third kappa shape index (κ3) is 5.27. The lowest BCUT2D eigenvalue weighted by Crippen LogP contribution is -2.38. The first-order valence-electron chi connectivity index (χ1n) is 6.68. The molecule has 1 aromatic carbocycles. The van der Waals surface area contributed by atoms with E-state index >= 15 is 0 Å². The number of nitrogens with two attached hydrogens (primary N) is 1. The van der Waals surface area contributed by atoms with Crippen LogP contribution in [0.4, 0.5) is 0 Å². The van der Waals surface area contributed by atoms with Crippen molar-refractivity contribution in [2.75, 3.05) is 19.6 Å². The minimum atomic E-state index is -0.264. The molecule has 0 radical (unpaired) electrons. The van der Waals surface area contributed by atoms with Crippen molar-refractivity contribution in [3.05, 3.63) is 35.9 Å². The summed E-state index contributed by atoms with van der Waals surface area (Å²) in [5.74, 6) is -0.198. The maximum absolute atomic E-state index is 11.5.